The van der Waals surface area contributed by atoms with Crippen LogP contribution in [0.4, 0.5) is 0 Å². The van der Waals surface area contributed by atoms with Crippen molar-refractivity contribution in [2.45, 2.75) is 31.5 Å². The second-order valence-corrected chi connectivity index (χ2v) is 5.77. The minimum Gasteiger partial charge on any atom is -0.381 e. The van der Waals surface area contributed by atoms with Crippen molar-refractivity contribution in [3.8, 4) is 0 Å². The van der Waals surface area contributed by atoms with E-state index in [1.54, 1.807) is 7.11 Å². The van der Waals surface area contributed by atoms with E-state index in [0.29, 0.717) is 18.7 Å². The highest BCUT2D eigenvalue weighted by Crippen LogP contribution is 2.22. The van der Waals surface area contributed by atoms with E-state index >= 15 is 0 Å². The Morgan fingerprint density at radius 3 is 3.10 bits per heavy atom. The van der Waals surface area contributed by atoms with Crippen molar-refractivity contribution in [2.75, 3.05) is 20.2 Å². The molecule has 2 heterocycles. The van der Waals surface area contributed by atoms with Crippen LogP contribution in [-0.2, 0) is 11.3 Å². The Labute approximate surface area is 125 Å². The number of likely N-dealkylation sites (tertiary alicyclic amines) is 1. The SMILES string of the molecule is COC1CCN(Cc2ccc3ncccc3c2)C(CN)C1. The first-order valence-corrected chi connectivity index (χ1v) is 7.60. The number of nitrogens with zero attached hydrogens (tertiary/aromatic N) is 2. The number of fused-ring (bicyclic) bond motifs is 1. The molecule has 1 saturated heterocycles. The average Bonchev–Trinajstić information content (AvgIpc) is 2.55. The van der Waals surface area contributed by atoms with Gasteiger partial charge in [0.2, 0.25) is 0 Å². The summed E-state index contributed by atoms with van der Waals surface area (Å²) in [5.41, 5.74) is 8.32. The van der Waals surface area contributed by atoms with Crippen LogP contribution in [0.15, 0.2) is 36.5 Å². The molecule has 3 rings (SSSR count). The molecule has 0 spiro atoms. The Morgan fingerprint density at radius 1 is 1.38 bits per heavy atom. The van der Waals surface area contributed by atoms with Gasteiger partial charge in [0.15, 0.2) is 0 Å². The van der Waals surface area contributed by atoms with Gasteiger partial charge in [-0.3, -0.25) is 9.88 Å². The van der Waals surface area contributed by atoms with Crippen LogP contribution in [0, 0.1) is 0 Å². The number of methoxy groups -OCH3 is 1. The van der Waals surface area contributed by atoms with Gasteiger partial charge in [0.05, 0.1) is 11.6 Å². The molecule has 4 nitrogen and oxygen atoms in total. The van der Waals surface area contributed by atoms with Crippen LogP contribution in [0.1, 0.15) is 18.4 Å². The lowest BCUT2D eigenvalue weighted by Gasteiger charge is -2.38. The molecule has 0 aliphatic carbocycles. The summed E-state index contributed by atoms with van der Waals surface area (Å²) in [4.78, 5) is 6.85. The van der Waals surface area contributed by atoms with Crippen molar-refractivity contribution in [1.82, 2.24) is 9.88 Å². The van der Waals surface area contributed by atoms with E-state index in [9.17, 15) is 0 Å². The van der Waals surface area contributed by atoms with E-state index in [4.69, 9.17) is 10.5 Å². The number of aromatic nitrogens is 1. The summed E-state index contributed by atoms with van der Waals surface area (Å²) >= 11 is 0. The molecule has 2 atom stereocenters. The topological polar surface area (TPSA) is 51.4 Å². The fourth-order valence-electron chi connectivity index (χ4n) is 3.19. The normalized spacial score (nSPS) is 23.5. The van der Waals surface area contributed by atoms with Gasteiger partial charge in [-0.05, 0) is 36.6 Å². The number of nitrogens with two attached hydrogens (primary N) is 1. The molecule has 1 aromatic heterocycles. The first-order chi connectivity index (χ1) is 10.3. The first kappa shape index (κ1) is 14.4. The van der Waals surface area contributed by atoms with E-state index < -0.39 is 0 Å². The maximum Gasteiger partial charge on any atom is 0.0702 e. The van der Waals surface area contributed by atoms with Crippen LogP contribution in [0.2, 0.25) is 0 Å². The van der Waals surface area contributed by atoms with E-state index in [1.807, 2.05) is 12.3 Å². The van der Waals surface area contributed by atoms with Crippen LogP contribution in [0.3, 0.4) is 0 Å². The lowest BCUT2D eigenvalue weighted by Crippen LogP contribution is -2.47. The van der Waals surface area contributed by atoms with Gasteiger partial charge in [-0.2, -0.15) is 0 Å². The van der Waals surface area contributed by atoms with Crippen molar-refractivity contribution < 1.29 is 4.74 Å². The Morgan fingerprint density at radius 2 is 2.29 bits per heavy atom. The molecule has 4 heteroatoms. The molecule has 2 unspecified atom stereocenters. The maximum atomic E-state index is 5.95. The summed E-state index contributed by atoms with van der Waals surface area (Å²) < 4.78 is 5.49. The van der Waals surface area contributed by atoms with Gasteiger partial charge < -0.3 is 10.5 Å². The smallest absolute Gasteiger partial charge is 0.0702 e. The predicted octanol–water partition coefficient (Wildman–Crippen LogP) is 2.17. The largest absolute Gasteiger partial charge is 0.381 e. The molecular weight excluding hydrogens is 262 g/mol. The van der Waals surface area contributed by atoms with Crippen molar-refractivity contribution in [3.63, 3.8) is 0 Å². The number of hydrogen-bond donors (Lipinski definition) is 1. The average molecular weight is 285 g/mol. The quantitative estimate of drug-likeness (QED) is 0.935. The van der Waals surface area contributed by atoms with Crippen LogP contribution in [0.25, 0.3) is 10.9 Å². The predicted molar refractivity (Wildman–Crippen MR) is 85.0 cm³/mol. The fourth-order valence-corrected chi connectivity index (χ4v) is 3.19. The monoisotopic (exact) mass is 285 g/mol. The van der Waals surface area contributed by atoms with Crippen LogP contribution < -0.4 is 5.73 Å². The van der Waals surface area contributed by atoms with Crippen LogP contribution in [-0.4, -0.2) is 42.2 Å². The van der Waals surface area contributed by atoms with Gasteiger partial charge in [0, 0.05) is 44.4 Å². The highest BCUT2D eigenvalue weighted by Gasteiger charge is 2.27. The molecule has 1 aliphatic heterocycles. The molecule has 0 amide bonds. The third-order valence-corrected chi connectivity index (χ3v) is 4.45. The van der Waals surface area contributed by atoms with Crippen LogP contribution in [0.5, 0.6) is 0 Å². The zero-order chi connectivity index (χ0) is 14.7. The second-order valence-electron chi connectivity index (χ2n) is 5.77. The number of rotatable bonds is 4. The summed E-state index contributed by atoms with van der Waals surface area (Å²) in [6.45, 7) is 2.68. The summed E-state index contributed by atoms with van der Waals surface area (Å²) in [7, 11) is 1.80. The van der Waals surface area contributed by atoms with Crippen molar-refractivity contribution in [3.05, 3.63) is 42.1 Å². The van der Waals surface area contributed by atoms with Gasteiger partial charge in [-0.1, -0.05) is 12.1 Å². The van der Waals surface area contributed by atoms with Crippen molar-refractivity contribution in [2.24, 2.45) is 5.73 Å². The highest BCUT2D eigenvalue weighted by atomic mass is 16.5. The van der Waals surface area contributed by atoms with Gasteiger partial charge in [-0.25, -0.2) is 0 Å². The Balaban J connectivity index is 1.74. The lowest BCUT2D eigenvalue weighted by atomic mass is 9.98. The molecule has 1 aliphatic rings. The molecule has 0 bridgehead atoms. The summed E-state index contributed by atoms with van der Waals surface area (Å²) in [6.07, 6.45) is 4.31. The third-order valence-electron chi connectivity index (χ3n) is 4.45. The molecule has 112 valence electrons. The third kappa shape index (κ3) is 3.23. The molecule has 1 fully saturated rings. The zero-order valence-corrected chi connectivity index (χ0v) is 12.5. The minimum absolute atomic E-state index is 0.357. The van der Waals surface area contributed by atoms with Gasteiger partial charge in [0.1, 0.15) is 0 Å². The van der Waals surface area contributed by atoms with E-state index in [1.165, 1.54) is 10.9 Å². The second kappa shape index (κ2) is 6.52. The fraction of sp³-hybridized carbons (Fsp3) is 0.471. The minimum atomic E-state index is 0.357. The van der Waals surface area contributed by atoms with Crippen molar-refractivity contribution >= 4 is 10.9 Å². The maximum absolute atomic E-state index is 5.95. The number of piperidine rings is 1. The first-order valence-electron chi connectivity index (χ1n) is 7.60. The Bertz CT molecular complexity index is 601. The lowest BCUT2D eigenvalue weighted by molar-refractivity contribution is 0.0102. The molecule has 0 saturated carbocycles. The molecule has 2 N–H and O–H groups in total. The molecule has 1 aromatic carbocycles. The van der Waals surface area contributed by atoms with E-state index in [2.05, 4.69) is 34.1 Å². The number of pyridine rings is 1. The summed E-state index contributed by atoms with van der Waals surface area (Å²) in [5, 5.41) is 1.20. The van der Waals surface area contributed by atoms with Gasteiger partial charge >= 0.3 is 0 Å². The molecule has 2 aromatic rings. The summed E-state index contributed by atoms with van der Waals surface area (Å²) in [5.74, 6) is 0. The van der Waals surface area contributed by atoms with Crippen LogP contribution >= 0.6 is 0 Å². The Kier molecular flexibility index (Phi) is 4.48. The van der Waals surface area contributed by atoms with Gasteiger partial charge in [0.25, 0.3) is 0 Å². The zero-order valence-electron chi connectivity index (χ0n) is 12.5. The molecular formula is C17H23N3O. The number of benzene rings is 1. The standard InChI is InChI=1S/C17H23N3O/c1-21-16-6-8-20(15(10-16)11-18)12-13-4-5-17-14(9-13)3-2-7-19-17/h2-5,7,9,15-16H,6,8,10-12,18H2,1H3. The number of ether oxygens (including phenoxy) is 1. The number of hydrogen-bond acceptors (Lipinski definition) is 4. The highest BCUT2D eigenvalue weighted by molar-refractivity contribution is 5.78. The summed E-state index contributed by atoms with van der Waals surface area (Å²) in [6, 6.07) is 11.0. The van der Waals surface area contributed by atoms with Crippen molar-refractivity contribution in [1.29, 1.82) is 0 Å². The Hall–Kier alpha value is -1.49. The van der Waals surface area contributed by atoms with E-state index in [-0.39, 0.29) is 0 Å². The molecule has 21 heavy (non-hydrogen) atoms. The van der Waals surface area contributed by atoms with E-state index in [0.717, 1.165) is 31.4 Å². The van der Waals surface area contributed by atoms with Gasteiger partial charge in [-0.15, -0.1) is 0 Å². The molecule has 0 radical (unpaired) electrons.